The Hall–Kier alpha value is -2.54. The maximum atomic E-state index is 12.4. The fraction of sp³-hybridized carbons (Fsp3) is 0.500. The predicted octanol–water partition coefficient (Wildman–Crippen LogP) is 4.50. The van der Waals surface area contributed by atoms with E-state index in [2.05, 4.69) is 84.3 Å². The zero-order valence-electron chi connectivity index (χ0n) is 20.7. The standard InChI is InChI=1S/C28H36N4O2/c1-19(2)20-7-9-22(10-8-20)28(33,27(3)17-32(4)18-27)23-12-21(15-29-16-23)26-14-24(30-31-26)13-25-6-5-11-34-25/h7-10,12,14-16,19,25,33H,5-6,11,13,17-18H2,1-4H3,(H,30,31)/t25-,28+/m1/s1. The highest BCUT2D eigenvalue weighted by molar-refractivity contribution is 5.60. The van der Waals surface area contributed by atoms with Crippen molar-refractivity contribution in [3.05, 3.63) is 71.2 Å². The molecule has 2 N–H and O–H groups in total. The molecular formula is C28H36N4O2. The number of nitrogens with one attached hydrogen (secondary N) is 1. The molecule has 6 nitrogen and oxygen atoms in total. The van der Waals surface area contributed by atoms with E-state index in [0.717, 1.165) is 67.0 Å². The molecule has 0 unspecified atom stereocenters. The Morgan fingerprint density at radius 2 is 1.94 bits per heavy atom. The molecule has 180 valence electrons. The molecule has 0 radical (unpaired) electrons. The number of hydrogen-bond donors (Lipinski definition) is 2. The Balaban J connectivity index is 1.50. The Morgan fingerprint density at radius 1 is 1.18 bits per heavy atom. The lowest BCUT2D eigenvalue weighted by molar-refractivity contribution is -0.127. The smallest absolute Gasteiger partial charge is 0.124 e. The molecule has 0 aliphatic carbocycles. The van der Waals surface area contributed by atoms with Crippen LogP contribution in [-0.2, 0) is 16.8 Å². The van der Waals surface area contributed by atoms with Gasteiger partial charge in [-0.05, 0) is 49.1 Å². The molecule has 0 bridgehead atoms. The Kier molecular flexibility index (Phi) is 6.09. The third-order valence-electron chi connectivity index (χ3n) is 7.66. The number of aromatic nitrogens is 3. The van der Waals surface area contributed by atoms with Crippen molar-refractivity contribution in [2.75, 3.05) is 26.7 Å². The molecule has 6 heteroatoms. The van der Waals surface area contributed by atoms with E-state index >= 15 is 0 Å². The molecule has 2 fully saturated rings. The summed E-state index contributed by atoms with van der Waals surface area (Å²) in [7, 11) is 2.10. The van der Waals surface area contributed by atoms with Crippen LogP contribution in [0, 0.1) is 5.41 Å². The molecular weight excluding hydrogens is 424 g/mol. The van der Waals surface area contributed by atoms with Crippen molar-refractivity contribution in [2.45, 2.75) is 57.7 Å². The van der Waals surface area contributed by atoms with Gasteiger partial charge < -0.3 is 14.7 Å². The molecule has 2 atom stereocenters. The van der Waals surface area contributed by atoms with Gasteiger partial charge in [0.15, 0.2) is 0 Å². The number of nitrogens with zero attached hydrogens (tertiary/aromatic N) is 3. The quantitative estimate of drug-likeness (QED) is 0.543. The van der Waals surface area contributed by atoms with Gasteiger partial charge >= 0.3 is 0 Å². The molecule has 5 rings (SSSR count). The van der Waals surface area contributed by atoms with Crippen molar-refractivity contribution in [3.8, 4) is 11.3 Å². The summed E-state index contributed by atoms with van der Waals surface area (Å²) in [4.78, 5) is 6.80. The summed E-state index contributed by atoms with van der Waals surface area (Å²) in [6, 6.07) is 12.6. The SMILES string of the molecule is CC(C)c1ccc([C@](O)(c2cncc(-c3cc(C[C@H]4CCCO4)[nH]n3)c2)C2(C)CN(C)C2)cc1. The van der Waals surface area contributed by atoms with Gasteiger partial charge in [-0.25, -0.2) is 0 Å². The molecule has 2 aromatic heterocycles. The van der Waals surface area contributed by atoms with Crippen LogP contribution in [0.1, 0.15) is 61.9 Å². The summed E-state index contributed by atoms with van der Waals surface area (Å²) >= 11 is 0. The van der Waals surface area contributed by atoms with E-state index in [4.69, 9.17) is 4.74 Å². The highest BCUT2D eigenvalue weighted by Crippen LogP contribution is 2.50. The van der Waals surface area contributed by atoms with Crippen LogP contribution in [0.3, 0.4) is 0 Å². The van der Waals surface area contributed by atoms with Crippen LogP contribution in [0.4, 0.5) is 0 Å². The van der Waals surface area contributed by atoms with E-state index in [-0.39, 0.29) is 11.5 Å². The second-order valence-corrected chi connectivity index (χ2v) is 10.8. The number of ether oxygens (including phenoxy) is 1. The summed E-state index contributed by atoms with van der Waals surface area (Å²) in [5.74, 6) is 0.445. The van der Waals surface area contributed by atoms with Crippen LogP contribution >= 0.6 is 0 Å². The van der Waals surface area contributed by atoms with Crippen molar-refractivity contribution in [1.82, 2.24) is 20.1 Å². The number of likely N-dealkylation sites (tertiary alicyclic amines) is 1. The van der Waals surface area contributed by atoms with Crippen molar-refractivity contribution in [1.29, 1.82) is 0 Å². The summed E-state index contributed by atoms with van der Waals surface area (Å²) in [6.45, 7) is 9.02. The molecule has 2 saturated heterocycles. The minimum atomic E-state index is -1.16. The minimum absolute atomic E-state index is 0.271. The number of rotatable bonds is 7. The molecule has 2 aliphatic rings. The first-order valence-electron chi connectivity index (χ1n) is 12.4. The number of benzene rings is 1. The second-order valence-electron chi connectivity index (χ2n) is 10.8. The number of aliphatic hydroxyl groups is 1. The predicted molar refractivity (Wildman–Crippen MR) is 134 cm³/mol. The lowest BCUT2D eigenvalue weighted by Crippen LogP contribution is -2.63. The van der Waals surface area contributed by atoms with Gasteiger partial charge in [0.2, 0.25) is 0 Å². The van der Waals surface area contributed by atoms with Crippen LogP contribution in [0.5, 0.6) is 0 Å². The van der Waals surface area contributed by atoms with Crippen molar-refractivity contribution >= 4 is 0 Å². The van der Waals surface area contributed by atoms with Crippen LogP contribution in [-0.4, -0.2) is 58.0 Å². The third kappa shape index (κ3) is 4.08. The van der Waals surface area contributed by atoms with E-state index in [9.17, 15) is 5.11 Å². The molecule has 0 saturated carbocycles. The highest BCUT2D eigenvalue weighted by Gasteiger charge is 2.55. The Labute approximate surface area is 202 Å². The van der Waals surface area contributed by atoms with E-state index in [1.54, 1.807) is 0 Å². The first-order valence-corrected chi connectivity index (χ1v) is 12.4. The van der Waals surface area contributed by atoms with E-state index in [1.165, 1.54) is 5.56 Å². The van der Waals surface area contributed by atoms with Gasteiger partial charge in [-0.2, -0.15) is 5.10 Å². The monoisotopic (exact) mass is 460 g/mol. The topological polar surface area (TPSA) is 74.3 Å². The van der Waals surface area contributed by atoms with Crippen LogP contribution in [0.15, 0.2) is 48.8 Å². The summed E-state index contributed by atoms with van der Waals surface area (Å²) in [5.41, 5.74) is 4.32. The first-order chi connectivity index (χ1) is 16.3. The normalized spacial score (nSPS) is 22.0. The lowest BCUT2D eigenvalue weighted by Gasteiger charge is -2.55. The lowest BCUT2D eigenvalue weighted by atomic mass is 9.62. The van der Waals surface area contributed by atoms with E-state index < -0.39 is 5.60 Å². The summed E-state index contributed by atoms with van der Waals surface area (Å²) in [5, 5.41) is 20.2. The fourth-order valence-electron chi connectivity index (χ4n) is 5.79. The van der Waals surface area contributed by atoms with Crippen molar-refractivity contribution in [2.24, 2.45) is 5.41 Å². The van der Waals surface area contributed by atoms with Gasteiger partial charge in [0.25, 0.3) is 0 Å². The highest BCUT2D eigenvalue weighted by atomic mass is 16.5. The van der Waals surface area contributed by atoms with Gasteiger partial charge in [0.05, 0.1) is 11.8 Å². The zero-order chi connectivity index (χ0) is 23.9. The molecule has 2 aliphatic heterocycles. The van der Waals surface area contributed by atoms with Gasteiger partial charge in [-0.3, -0.25) is 10.1 Å². The molecule has 34 heavy (non-hydrogen) atoms. The van der Waals surface area contributed by atoms with Crippen LogP contribution in [0.25, 0.3) is 11.3 Å². The van der Waals surface area contributed by atoms with E-state index in [0.29, 0.717) is 5.92 Å². The second kappa shape index (κ2) is 8.91. The average molecular weight is 461 g/mol. The Bertz CT molecular complexity index is 1130. The van der Waals surface area contributed by atoms with Gasteiger partial charge in [0, 0.05) is 60.7 Å². The fourth-order valence-corrected chi connectivity index (χ4v) is 5.79. The van der Waals surface area contributed by atoms with Gasteiger partial charge in [0.1, 0.15) is 5.60 Å². The number of hydrogen-bond acceptors (Lipinski definition) is 5. The largest absolute Gasteiger partial charge is 0.380 e. The third-order valence-corrected chi connectivity index (χ3v) is 7.66. The Morgan fingerprint density at radius 3 is 2.59 bits per heavy atom. The number of aromatic amines is 1. The van der Waals surface area contributed by atoms with Gasteiger partial charge in [-0.15, -0.1) is 0 Å². The van der Waals surface area contributed by atoms with E-state index in [1.807, 2.05) is 12.4 Å². The molecule has 4 heterocycles. The molecule has 1 aromatic carbocycles. The molecule has 3 aromatic rings. The van der Waals surface area contributed by atoms with Gasteiger partial charge in [-0.1, -0.05) is 45.0 Å². The minimum Gasteiger partial charge on any atom is -0.380 e. The number of pyridine rings is 1. The van der Waals surface area contributed by atoms with Crippen molar-refractivity contribution in [3.63, 3.8) is 0 Å². The van der Waals surface area contributed by atoms with Crippen LogP contribution < -0.4 is 0 Å². The number of H-pyrrole nitrogens is 1. The molecule has 0 spiro atoms. The first kappa shape index (κ1) is 23.2. The average Bonchev–Trinajstić information content (AvgIpc) is 3.50. The maximum Gasteiger partial charge on any atom is 0.124 e. The molecule has 0 amide bonds. The summed E-state index contributed by atoms with van der Waals surface area (Å²) < 4.78 is 5.78. The van der Waals surface area contributed by atoms with Crippen LogP contribution in [0.2, 0.25) is 0 Å². The van der Waals surface area contributed by atoms with Crippen molar-refractivity contribution < 1.29 is 9.84 Å². The summed E-state index contributed by atoms with van der Waals surface area (Å²) in [6.07, 6.45) is 6.98. The zero-order valence-corrected chi connectivity index (χ0v) is 20.7. The maximum absolute atomic E-state index is 12.4.